The Morgan fingerprint density at radius 1 is 1.05 bits per heavy atom. The number of aromatic nitrogens is 6. The third kappa shape index (κ3) is 7.63. The summed E-state index contributed by atoms with van der Waals surface area (Å²) >= 11 is 0. The van der Waals surface area contributed by atoms with Gasteiger partial charge in [0, 0.05) is 52.2 Å². The molecule has 288 valence electrons. The van der Waals surface area contributed by atoms with Crippen LogP contribution in [0.1, 0.15) is 91.6 Å². The molecule has 5 aromatic rings. The van der Waals surface area contributed by atoms with Crippen molar-refractivity contribution in [1.82, 2.24) is 24.5 Å². The number of hydrogen-bond acceptors (Lipinski definition) is 6. The number of carbonyl (C=O) groups excluding carboxylic acids is 1. The molecule has 0 amide bonds. The zero-order valence-electron chi connectivity index (χ0n) is 30.5. The molecule has 16 heteroatoms. The molecular weight excluding hydrogens is 747 g/mol. The third-order valence-corrected chi connectivity index (χ3v) is 10.5. The Kier molecular flexibility index (Phi) is 9.46. The van der Waals surface area contributed by atoms with Crippen molar-refractivity contribution >= 4 is 21.3 Å². The van der Waals surface area contributed by atoms with Crippen molar-refractivity contribution < 1.29 is 44.0 Å². The van der Waals surface area contributed by atoms with E-state index in [-0.39, 0.29) is 41.2 Å². The first-order valence-corrected chi connectivity index (χ1v) is 19.6. The SMILES string of the molecule is Cn1nc(CS(C)(=O)=O)[n+]2cccc(-c3ccc(C#CC(C)(C)C)nc3[C@@H](CC(=O)Cn3nc(C(F)F)c4c3C(F)(F)[C@@H]3C[C@H]43)Cc3cc(F)cc(F)c3)c12. The number of aryl methyl sites for hydroxylation is 1. The van der Waals surface area contributed by atoms with Crippen LogP contribution in [0.25, 0.3) is 16.8 Å². The molecule has 0 saturated heterocycles. The smallest absolute Gasteiger partial charge is 0.297 e. The Hall–Kier alpha value is -5.04. The minimum atomic E-state index is -3.49. The van der Waals surface area contributed by atoms with Gasteiger partial charge in [0.05, 0.1) is 24.5 Å². The summed E-state index contributed by atoms with van der Waals surface area (Å²) in [7, 11) is -1.86. The van der Waals surface area contributed by atoms with E-state index in [1.54, 1.807) is 41.9 Å². The third-order valence-electron chi connectivity index (χ3n) is 9.75. The molecule has 2 aliphatic rings. The molecule has 1 saturated carbocycles. The van der Waals surface area contributed by atoms with E-state index in [2.05, 4.69) is 22.0 Å². The van der Waals surface area contributed by atoms with E-state index in [9.17, 15) is 30.8 Å². The van der Waals surface area contributed by atoms with Gasteiger partial charge < -0.3 is 0 Å². The molecule has 0 spiro atoms. The lowest BCUT2D eigenvalue weighted by molar-refractivity contribution is -0.520. The molecular formula is C39H37F6N6O3S+. The van der Waals surface area contributed by atoms with Crippen molar-refractivity contribution in [2.75, 3.05) is 6.26 Å². The van der Waals surface area contributed by atoms with E-state index in [1.807, 2.05) is 20.8 Å². The van der Waals surface area contributed by atoms with E-state index in [0.717, 1.165) is 18.4 Å². The Labute approximate surface area is 313 Å². The van der Waals surface area contributed by atoms with E-state index in [0.29, 0.717) is 33.2 Å². The number of carbonyl (C=O) groups is 1. The minimum absolute atomic E-state index is 0.0615. The Bertz CT molecular complexity index is 2530. The lowest BCUT2D eigenvalue weighted by Gasteiger charge is -2.21. The number of halogens is 6. The first-order valence-electron chi connectivity index (χ1n) is 17.5. The number of benzene rings is 1. The van der Waals surface area contributed by atoms with Gasteiger partial charge in [0.15, 0.2) is 15.6 Å². The highest BCUT2D eigenvalue weighted by molar-refractivity contribution is 7.89. The molecule has 4 aromatic heterocycles. The summed E-state index contributed by atoms with van der Waals surface area (Å²) < 4.78 is 116. The highest BCUT2D eigenvalue weighted by Gasteiger charge is 2.67. The van der Waals surface area contributed by atoms with Crippen LogP contribution in [0.4, 0.5) is 26.3 Å². The largest absolute Gasteiger partial charge is 0.298 e. The zero-order chi connectivity index (χ0) is 39.8. The average Bonchev–Trinajstić information content (AvgIpc) is 3.62. The number of nitrogens with zero attached hydrogens (tertiary/aromatic N) is 6. The molecule has 1 aromatic carbocycles. The van der Waals surface area contributed by atoms with E-state index < -0.39 is 87.1 Å². The lowest BCUT2D eigenvalue weighted by Crippen LogP contribution is -2.27. The molecule has 9 nitrogen and oxygen atoms in total. The van der Waals surface area contributed by atoms with Crippen LogP contribution in [-0.4, -0.2) is 45.0 Å². The molecule has 55 heavy (non-hydrogen) atoms. The van der Waals surface area contributed by atoms with Crippen LogP contribution in [0.2, 0.25) is 0 Å². The first kappa shape index (κ1) is 38.2. The van der Waals surface area contributed by atoms with Crippen LogP contribution in [0.5, 0.6) is 0 Å². The minimum Gasteiger partial charge on any atom is -0.298 e. The van der Waals surface area contributed by atoms with Crippen molar-refractivity contribution in [3.63, 3.8) is 0 Å². The molecule has 2 aliphatic carbocycles. The maximum Gasteiger partial charge on any atom is 0.297 e. The second kappa shape index (κ2) is 13.6. The molecule has 0 bridgehead atoms. The van der Waals surface area contributed by atoms with Gasteiger partial charge in [-0.25, -0.2) is 31.0 Å². The Morgan fingerprint density at radius 3 is 2.42 bits per heavy atom. The number of pyridine rings is 2. The maximum absolute atomic E-state index is 15.4. The fourth-order valence-corrected chi connectivity index (χ4v) is 8.21. The standard InChI is InChI=1S/C39H37F6N6O3S/c1-38(2,3)11-10-25-8-9-27(28-7-6-12-50-31(20-55(5,53)54)47-49(4)37(28)50)33(46-25)22(13-21-14-23(40)17-24(41)15-21)16-26(52)19-51-35-32(34(48-51)36(42)43)29-18-30(29)39(35,44)45/h6-9,12,14-15,17,22,29-30,36H,13,16,18-20H2,1-5H3/q+1/t22-,29+,30-/m1/s1. The van der Waals surface area contributed by atoms with Crippen molar-refractivity contribution in [2.24, 2.45) is 18.4 Å². The summed E-state index contributed by atoms with van der Waals surface area (Å²) in [6.45, 7) is 4.96. The highest BCUT2D eigenvalue weighted by Crippen LogP contribution is 2.68. The summed E-state index contributed by atoms with van der Waals surface area (Å²) in [6.07, 6.45) is -0.890. The molecule has 0 aliphatic heterocycles. The van der Waals surface area contributed by atoms with Crippen molar-refractivity contribution in [1.29, 1.82) is 0 Å². The van der Waals surface area contributed by atoms with Gasteiger partial charge in [0.1, 0.15) is 41.0 Å². The second-order valence-electron chi connectivity index (χ2n) is 15.5. The van der Waals surface area contributed by atoms with Crippen LogP contribution in [0, 0.1) is 34.8 Å². The topological polar surface area (TPSA) is 104 Å². The molecule has 1 fully saturated rings. The van der Waals surface area contributed by atoms with Gasteiger partial charge in [-0.2, -0.15) is 18.3 Å². The fourth-order valence-electron chi connectivity index (χ4n) is 7.55. The molecule has 0 N–H and O–H groups in total. The highest BCUT2D eigenvalue weighted by atomic mass is 32.2. The van der Waals surface area contributed by atoms with Crippen LogP contribution >= 0.6 is 0 Å². The summed E-state index contributed by atoms with van der Waals surface area (Å²) in [4.78, 5) is 18.9. The van der Waals surface area contributed by atoms with E-state index in [1.165, 1.54) is 4.68 Å². The Balaban J connectivity index is 1.37. The quantitative estimate of drug-likeness (QED) is 0.0833. The van der Waals surface area contributed by atoms with E-state index in [4.69, 9.17) is 4.98 Å². The van der Waals surface area contributed by atoms with Gasteiger partial charge in [0.2, 0.25) is 0 Å². The maximum atomic E-state index is 15.4. The lowest BCUT2D eigenvalue weighted by atomic mass is 9.86. The molecule has 4 heterocycles. The summed E-state index contributed by atoms with van der Waals surface area (Å²) in [5.74, 6) is -2.62. The van der Waals surface area contributed by atoms with Crippen LogP contribution in [-0.2, 0) is 46.3 Å². The molecule has 3 atom stereocenters. The average molecular weight is 784 g/mol. The molecule has 0 unspecified atom stereocenters. The van der Waals surface area contributed by atoms with Gasteiger partial charge in [-0.05, 0) is 87.4 Å². The van der Waals surface area contributed by atoms with Gasteiger partial charge in [-0.1, -0.05) is 5.92 Å². The molecule has 7 rings (SSSR count). The van der Waals surface area contributed by atoms with E-state index >= 15 is 8.78 Å². The first-order chi connectivity index (χ1) is 25.7. The number of Topliss-reactive ketones (excluding diaryl/α,β-unsaturated/α-hetero) is 1. The summed E-state index contributed by atoms with van der Waals surface area (Å²) in [5.41, 5.74) is 0.123. The Morgan fingerprint density at radius 2 is 1.76 bits per heavy atom. The summed E-state index contributed by atoms with van der Waals surface area (Å²) in [5, 5.41) is 8.26. The second-order valence-corrected chi connectivity index (χ2v) is 17.6. The zero-order valence-corrected chi connectivity index (χ0v) is 31.4. The van der Waals surface area contributed by atoms with Gasteiger partial charge in [-0.15, -0.1) is 4.68 Å². The number of ketones is 1. The fraction of sp³-hybridized carbons (Fsp3) is 0.410. The van der Waals surface area contributed by atoms with Crippen LogP contribution in [0.3, 0.4) is 0 Å². The number of sulfone groups is 1. The van der Waals surface area contributed by atoms with Gasteiger partial charge >= 0.3 is 0 Å². The monoisotopic (exact) mass is 783 g/mol. The number of fused-ring (bicyclic) bond motifs is 4. The van der Waals surface area contributed by atoms with Gasteiger partial charge in [-0.3, -0.25) is 9.48 Å². The number of rotatable bonds is 11. The van der Waals surface area contributed by atoms with Crippen molar-refractivity contribution in [2.45, 2.75) is 76.5 Å². The normalized spacial score (nSPS) is 17.9. The summed E-state index contributed by atoms with van der Waals surface area (Å²) in [6, 6.07) is 9.74. The molecule has 0 radical (unpaired) electrons. The van der Waals surface area contributed by atoms with Crippen LogP contribution in [0.15, 0.2) is 48.7 Å². The van der Waals surface area contributed by atoms with Crippen molar-refractivity contribution in [3.8, 4) is 23.0 Å². The number of alkyl halides is 4. The van der Waals surface area contributed by atoms with Crippen LogP contribution < -0.4 is 4.40 Å². The number of hydrogen-bond donors (Lipinski definition) is 0. The van der Waals surface area contributed by atoms with Gasteiger partial charge in [0.25, 0.3) is 23.8 Å². The van der Waals surface area contributed by atoms with Crippen molar-refractivity contribution in [3.05, 3.63) is 100 Å². The predicted molar refractivity (Wildman–Crippen MR) is 189 cm³/mol. The predicted octanol–water partition coefficient (Wildman–Crippen LogP) is 6.77.